The van der Waals surface area contributed by atoms with E-state index in [1.807, 2.05) is 67.3 Å². The molecule has 1 amide bonds. The maximum Gasteiger partial charge on any atom is 0.229 e. The van der Waals surface area contributed by atoms with Gasteiger partial charge in [0.1, 0.15) is 0 Å². The van der Waals surface area contributed by atoms with Crippen LogP contribution in [0.15, 0.2) is 61.2 Å². The first kappa shape index (κ1) is 29.7. The zero-order valence-electron chi connectivity index (χ0n) is 22.3. The van der Waals surface area contributed by atoms with Crippen LogP contribution >= 0.6 is 23.2 Å². The predicted octanol–water partition coefficient (Wildman–Crippen LogP) is 7.13. The van der Waals surface area contributed by atoms with Crippen LogP contribution < -0.4 is 4.72 Å². The van der Waals surface area contributed by atoms with Crippen LogP contribution in [0.4, 0.5) is 0 Å². The molecule has 5 nitrogen and oxygen atoms in total. The summed E-state index contributed by atoms with van der Waals surface area (Å²) in [6.45, 7) is 13.0. The molecular formula is C29H38Cl2N2O3S. The number of carbonyl (C=O) groups is 1. The fourth-order valence-corrected chi connectivity index (χ4v) is 6.32. The Labute approximate surface area is 232 Å². The van der Waals surface area contributed by atoms with Gasteiger partial charge in [0, 0.05) is 28.5 Å². The van der Waals surface area contributed by atoms with Crippen molar-refractivity contribution in [1.82, 2.24) is 9.62 Å². The molecule has 2 aromatic carbocycles. The Kier molecular flexibility index (Phi) is 9.22. The Hall–Kier alpha value is -1.86. The van der Waals surface area contributed by atoms with E-state index in [9.17, 15) is 13.2 Å². The smallest absolute Gasteiger partial charge is 0.229 e. The minimum Gasteiger partial charge on any atom is -0.330 e. The van der Waals surface area contributed by atoms with Crippen LogP contribution in [-0.4, -0.2) is 36.6 Å². The number of hydrogen-bond donors (Lipinski definition) is 1. The van der Waals surface area contributed by atoms with Gasteiger partial charge in [-0.05, 0) is 75.4 Å². The average Bonchev–Trinajstić information content (AvgIpc) is 2.82. The minimum absolute atomic E-state index is 0.00700. The van der Waals surface area contributed by atoms with Crippen LogP contribution in [0.2, 0.25) is 10.0 Å². The van der Waals surface area contributed by atoms with Crippen molar-refractivity contribution in [3.8, 4) is 0 Å². The van der Waals surface area contributed by atoms with E-state index in [-0.39, 0.29) is 30.5 Å². The van der Waals surface area contributed by atoms with E-state index >= 15 is 0 Å². The fraction of sp³-hybridized carbons (Fsp3) is 0.483. The first-order chi connectivity index (χ1) is 17.2. The summed E-state index contributed by atoms with van der Waals surface area (Å²) < 4.78 is 27.7. The molecule has 1 aliphatic heterocycles. The van der Waals surface area contributed by atoms with Crippen molar-refractivity contribution in [3.63, 3.8) is 0 Å². The Balaban J connectivity index is 2.18. The minimum atomic E-state index is -3.60. The third kappa shape index (κ3) is 6.42. The standard InChI is InChI=1S/C29H38Cl2N2O3S/c1-7-16-29(6)18-25(21-10-9-11-23(31)17-21)26(20-12-14-22(30)15-13-20)33(27(29)34)24(8-2)19-32-37(35,36)28(3,4)5/h7,9-15,17,24-26,32H,1,8,16,18-19H2,2-6H3/t24-,25-,26-,29+/m1/s1. The number of benzene rings is 2. The zero-order chi connectivity index (χ0) is 27.6. The molecule has 4 atom stereocenters. The molecule has 202 valence electrons. The summed E-state index contributed by atoms with van der Waals surface area (Å²) in [4.78, 5) is 16.2. The highest BCUT2D eigenvalue weighted by molar-refractivity contribution is 7.90. The lowest BCUT2D eigenvalue weighted by molar-refractivity contribution is -0.154. The first-order valence-electron chi connectivity index (χ1n) is 12.7. The molecule has 1 aliphatic rings. The highest BCUT2D eigenvalue weighted by Crippen LogP contribution is 2.52. The van der Waals surface area contributed by atoms with Crippen LogP contribution in [0.1, 0.15) is 77.0 Å². The molecule has 0 aromatic heterocycles. The summed E-state index contributed by atoms with van der Waals surface area (Å²) in [6.07, 6.45) is 3.48. The van der Waals surface area contributed by atoms with Crippen LogP contribution in [0.3, 0.4) is 0 Å². The van der Waals surface area contributed by atoms with Gasteiger partial charge in [0.2, 0.25) is 15.9 Å². The Morgan fingerprint density at radius 1 is 1.14 bits per heavy atom. The second-order valence-electron chi connectivity index (χ2n) is 11.2. The number of nitrogens with zero attached hydrogens (tertiary/aromatic N) is 1. The van der Waals surface area contributed by atoms with E-state index in [2.05, 4.69) is 11.3 Å². The monoisotopic (exact) mass is 564 g/mol. The second kappa shape index (κ2) is 11.5. The van der Waals surface area contributed by atoms with Gasteiger partial charge in [-0.15, -0.1) is 6.58 Å². The predicted molar refractivity (Wildman–Crippen MR) is 154 cm³/mol. The number of allylic oxidation sites excluding steroid dienone is 1. The number of amides is 1. The maximum absolute atomic E-state index is 14.3. The molecule has 0 radical (unpaired) electrons. The van der Waals surface area contributed by atoms with E-state index < -0.39 is 20.2 Å². The molecule has 3 rings (SSSR count). The van der Waals surface area contributed by atoms with Gasteiger partial charge in [-0.25, -0.2) is 13.1 Å². The summed E-state index contributed by atoms with van der Waals surface area (Å²) in [5.41, 5.74) is 1.28. The van der Waals surface area contributed by atoms with Crippen molar-refractivity contribution >= 4 is 39.1 Å². The molecule has 0 saturated carbocycles. The largest absolute Gasteiger partial charge is 0.330 e. The number of nitrogens with one attached hydrogen (secondary N) is 1. The van der Waals surface area contributed by atoms with E-state index in [0.717, 1.165) is 11.1 Å². The Morgan fingerprint density at radius 2 is 1.78 bits per heavy atom. The molecule has 1 fully saturated rings. The summed E-state index contributed by atoms with van der Waals surface area (Å²) >= 11 is 12.6. The van der Waals surface area contributed by atoms with E-state index in [0.29, 0.717) is 29.3 Å². The molecule has 1 N–H and O–H groups in total. The molecule has 2 aromatic rings. The summed E-state index contributed by atoms with van der Waals surface area (Å²) in [7, 11) is -3.60. The van der Waals surface area contributed by atoms with Crippen molar-refractivity contribution in [1.29, 1.82) is 0 Å². The normalized spacial score (nSPS) is 23.6. The highest BCUT2D eigenvalue weighted by atomic mass is 35.5. The first-order valence-corrected chi connectivity index (χ1v) is 14.9. The van der Waals surface area contributed by atoms with Crippen molar-refractivity contribution in [2.75, 3.05) is 6.54 Å². The van der Waals surface area contributed by atoms with Crippen LogP contribution in [0, 0.1) is 5.41 Å². The molecule has 0 bridgehead atoms. The Morgan fingerprint density at radius 3 is 2.32 bits per heavy atom. The van der Waals surface area contributed by atoms with Gasteiger partial charge in [-0.1, -0.05) is 67.4 Å². The average molecular weight is 566 g/mol. The maximum atomic E-state index is 14.3. The van der Waals surface area contributed by atoms with Gasteiger partial charge in [-0.3, -0.25) is 4.79 Å². The lowest BCUT2D eigenvalue weighted by Crippen LogP contribution is -2.58. The van der Waals surface area contributed by atoms with E-state index in [1.165, 1.54) is 0 Å². The number of halogens is 2. The van der Waals surface area contributed by atoms with Crippen molar-refractivity contribution in [2.24, 2.45) is 5.41 Å². The van der Waals surface area contributed by atoms with Crippen molar-refractivity contribution < 1.29 is 13.2 Å². The molecule has 1 heterocycles. The topological polar surface area (TPSA) is 66.5 Å². The number of likely N-dealkylation sites (tertiary alicyclic amines) is 1. The number of hydrogen-bond acceptors (Lipinski definition) is 3. The number of rotatable bonds is 9. The molecule has 0 unspecified atom stereocenters. The van der Waals surface area contributed by atoms with E-state index in [1.54, 1.807) is 26.8 Å². The molecule has 0 spiro atoms. The summed E-state index contributed by atoms with van der Waals surface area (Å²) in [6, 6.07) is 14.6. The van der Waals surface area contributed by atoms with Crippen LogP contribution in [0.5, 0.6) is 0 Å². The fourth-order valence-electron chi connectivity index (χ4n) is 5.15. The molecule has 8 heteroatoms. The van der Waals surface area contributed by atoms with Gasteiger partial charge in [-0.2, -0.15) is 0 Å². The summed E-state index contributed by atoms with van der Waals surface area (Å²) in [5.74, 6) is -0.0803. The third-order valence-electron chi connectivity index (χ3n) is 7.37. The van der Waals surface area contributed by atoms with Gasteiger partial charge >= 0.3 is 0 Å². The number of piperidine rings is 1. The highest BCUT2D eigenvalue weighted by Gasteiger charge is 2.51. The Bertz CT molecular complexity index is 1220. The van der Waals surface area contributed by atoms with Gasteiger partial charge in [0.25, 0.3) is 0 Å². The van der Waals surface area contributed by atoms with Crippen LogP contribution in [-0.2, 0) is 14.8 Å². The quantitative estimate of drug-likeness (QED) is 0.329. The lowest BCUT2D eigenvalue weighted by Gasteiger charge is -2.52. The van der Waals surface area contributed by atoms with Crippen molar-refractivity contribution in [3.05, 3.63) is 82.4 Å². The molecular weight excluding hydrogens is 527 g/mol. The van der Waals surface area contributed by atoms with Gasteiger partial charge < -0.3 is 4.90 Å². The number of sulfonamides is 1. The van der Waals surface area contributed by atoms with Crippen molar-refractivity contribution in [2.45, 2.75) is 76.6 Å². The second-order valence-corrected chi connectivity index (χ2v) is 14.5. The molecule has 0 aliphatic carbocycles. The van der Waals surface area contributed by atoms with E-state index in [4.69, 9.17) is 23.2 Å². The molecule has 37 heavy (non-hydrogen) atoms. The number of carbonyl (C=O) groups excluding carboxylic acids is 1. The van der Waals surface area contributed by atoms with Gasteiger partial charge in [0.15, 0.2) is 0 Å². The summed E-state index contributed by atoms with van der Waals surface area (Å²) in [5, 5.41) is 1.24. The van der Waals surface area contributed by atoms with Crippen LogP contribution in [0.25, 0.3) is 0 Å². The third-order valence-corrected chi connectivity index (χ3v) is 10.0. The molecule has 1 saturated heterocycles. The van der Waals surface area contributed by atoms with Gasteiger partial charge in [0.05, 0.1) is 16.2 Å². The zero-order valence-corrected chi connectivity index (χ0v) is 24.6. The lowest BCUT2D eigenvalue weighted by atomic mass is 9.67. The SMILES string of the molecule is C=CC[C@@]1(C)C[C@H](c2cccc(Cl)c2)[C@@H](c2ccc(Cl)cc2)N([C@H](CC)CNS(=O)(=O)C(C)(C)C)C1=O.